The maximum atomic E-state index is 5.49. The fraction of sp³-hybridized carbons (Fsp3) is 1.00. The van der Waals surface area contributed by atoms with Gasteiger partial charge in [0.25, 0.3) is 0 Å². The second-order valence-electron chi connectivity index (χ2n) is 6.24. The topological polar surface area (TPSA) is 36.5 Å². The highest BCUT2D eigenvalue weighted by Gasteiger charge is 2.17. The highest BCUT2D eigenvalue weighted by Crippen LogP contribution is 2.05. The predicted molar refractivity (Wildman–Crippen MR) is 81.7 cm³/mol. The Morgan fingerprint density at radius 3 is 2.42 bits per heavy atom. The van der Waals surface area contributed by atoms with Crippen LogP contribution in [0.3, 0.4) is 0 Å². The van der Waals surface area contributed by atoms with Crippen molar-refractivity contribution >= 4 is 0 Å². The summed E-state index contributed by atoms with van der Waals surface area (Å²) in [6, 6.07) is 2.29. The Balaban J connectivity index is 2.16. The molecule has 0 amide bonds. The largest absolute Gasteiger partial charge is 0.379 e. The van der Waals surface area contributed by atoms with Gasteiger partial charge in [-0.15, -0.1) is 0 Å². The van der Waals surface area contributed by atoms with Crippen LogP contribution in [0.5, 0.6) is 0 Å². The van der Waals surface area contributed by atoms with Crippen LogP contribution < -0.4 is 10.6 Å². The van der Waals surface area contributed by atoms with Crippen LogP contribution in [0.1, 0.15) is 41.0 Å². The summed E-state index contributed by atoms with van der Waals surface area (Å²) in [5.74, 6) is 0. The van der Waals surface area contributed by atoms with Crippen molar-refractivity contribution in [2.75, 3.05) is 32.8 Å². The lowest BCUT2D eigenvalue weighted by Crippen LogP contribution is -2.47. The molecule has 0 aromatic heterocycles. The normalized spacial score (nSPS) is 22.4. The lowest BCUT2D eigenvalue weighted by molar-refractivity contribution is 0.0709. The van der Waals surface area contributed by atoms with E-state index in [1.165, 1.54) is 0 Å². The first kappa shape index (κ1) is 16.9. The molecule has 2 unspecified atom stereocenters. The van der Waals surface area contributed by atoms with Crippen LogP contribution in [-0.2, 0) is 4.74 Å². The third-order valence-electron chi connectivity index (χ3n) is 3.83. The maximum Gasteiger partial charge on any atom is 0.0620 e. The standard InChI is InChI=1S/C15H33N3O/c1-12(2)18(13(3)4)8-6-16-14(5)10-15-11-19-9-7-17-15/h12-17H,6-11H2,1-5H3. The van der Waals surface area contributed by atoms with Crippen LogP contribution in [0.15, 0.2) is 0 Å². The molecule has 1 rings (SSSR count). The van der Waals surface area contributed by atoms with Crippen molar-refractivity contribution in [3.05, 3.63) is 0 Å². The number of ether oxygens (including phenoxy) is 1. The molecule has 0 aromatic rings. The van der Waals surface area contributed by atoms with Gasteiger partial charge in [-0.25, -0.2) is 0 Å². The van der Waals surface area contributed by atoms with Gasteiger partial charge in [-0.2, -0.15) is 0 Å². The number of rotatable bonds is 8. The molecule has 1 aliphatic heterocycles. The van der Waals surface area contributed by atoms with Crippen LogP contribution in [-0.4, -0.2) is 61.9 Å². The van der Waals surface area contributed by atoms with Crippen molar-refractivity contribution < 1.29 is 4.74 Å². The fourth-order valence-electron chi connectivity index (χ4n) is 2.83. The minimum Gasteiger partial charge on any atom is -0.379 e. The number of nitrogens with one attached hydrogen (secondary N) is 2. The van der Waals surface area contributed by atoms with Crippen molar-refractivity contribution in [1.82, 2.24) is 15.5 Å². The molecule has 1 fully saturated rings. The second-order valence-corrected chi connectivity index (χ2v) is 6.24. The Bertz CT molecular complexity index is 219. The molecule has 0 bridgehead atoms. The third-order valence-corrected chi connectivity index (χ3v) is 3.83. The van der Waals surface area contributed by atoms with E-state index in [0.717, 1.165) is 39.3 Å². The van der Waals surface area contributed by atoms with Crippen LogP contribution in [0.25, 0.3) is 0 Å². The van der Waals surface area contributed by atoms with Gasteiger partial charge in [-0.05, 0) is 41.0 Å². The van der Waals surface area contributed by atoms with Crippen molar-refractivity contribution in [1.29, 1.82) is 0 Å². The highest BCUT2D eigenvalue weighted by molar-refractivity contribution is 4.76. The van der Waals surface area contributed by atoms with Gasteiger partial charge in [0.05, 0.1) is 13.2 Å². The van der Waals surface area contributed by atoms with E-state index in [4.69, 9.17) is 4.74 Å². The molecule has 4 nitrogen and oxygen atoms in total. The highest BCUT2D eigenvalue weighted by atomic mass is 16.5. The molecule has 2 atom stereocenters. The summed E-state index contributed by atoms with van der Waals surface area (Å²) in [5, 5.41) is 7.14. The van der Waals surface area contributed by atoms with E-state index in [1.54, 1.807) is 0 Å². The zero-order valence-electron chi connectivity index (χ0n) is 13.4. The predicted octanol–water partition coefficient (Wildman–Crippen LogP) is 1.46. The van der Waals surface area contributed by atoms with Gasteiger partial charge in [0, 0.05) is 43.8 Å². The molecule has 0 spiro atoms. The third kappa shape index (κ3) is 6.70. The molecule has 1 heterocycles. The first-order valence-corrected chi connectivity index (χ1v) is 7.81. The maximum absolute atomic E-state index is 5.49. The van der Waals surface area contributed by atoms with Crippen LogP contribution in [0.4, 0.5) is 0 Å². The fourth-order valence-corrected chi connectivity index (χ4v) is 2.83. The Labute approximate surface area is 119 Å². The Kier molecular flexibility index (Phi) is 7.91. The Hall–Kier alpha value is -0.160. The first-order chi connectivity index (χ1) is 9.00. The molecule has 1 saturated heterocycles. The molecule has 114 valence electrons. The molecule has 2 N–H and O–H groups in total. The second kappa shape index (κ2) is 8.90. The lowest BCUT2D eigenvalue weighted by atomic mass is 10.1. The van der Waals surface area contributed by atoms with Gasteiger partial charge >= 0.3 is 0 Å². The number of hydrogen-bond acceptors (Lipinski definition) is 4. The lowest BCUT2D eigenvalue weighted by Gasteiger charge is -2.31. The van der Waals surface area contributed by atoms with Gasteiger partial charge < -0.3 is 15.4 Å². The molecule has 0 saturated carbocycles. The van der Waals surface area contributed by atoms with Crippen LogP contribution in [0, 0.1) is 0 Å². The van der Waals surface area contributed by atoms with Gasteiger partial charge in [0.1, 0.15) is 0 Å². The Morgan fingerprint density at radius 1 is 1.21 bits per heavy atom. The van der Waals surface area contributed by atoms with Crippen LogP contribution in [0.2, 0.25) is 0 Å². The molecule has 0 aromatic carbocycles. The van der Waals surface area contributed by atoms with E-state index < -0.39 is 0 Å². The smallest absolute Gasteiger partial charge is 0.0620 e. The zero-order valence-corrected chi connectivity index (χ0v) is 13.4. The van der Waals surface area contributed by atoms with E-state index in [0.29, 0.717) is 24.2 Å². The monoisotopic (exact) mass is 271 g/mol. The van der Waals surface area contributed by atoms with Gasteiger partial charge in [-0.3, -0.25) is 4.90 Å². The average Bonchev–Trinajstić information content (AvgIpc) is 2.34. The summed E-state index contributed by atoms with van der Waals surface area (Å²) < 4.78 is 5.49. The molecule has 1 aliphatic rings. The van der Waals surface area contributed by atoms with Crippen molar-refractivity contribution in [3.63, 3.8) is 0 Å². The Morgan fingerprint density at radius 2 is 1.89 bits per heavy atom. The number of hydrogen-bond donors (Lipinski definition) is 2. The molecule has 4 heteroatoms. The van der Waals surface area contributed by atoms with E-state index in [-0.39, 0.29) is 0 Å². The first-order valence-electron chi connectivity index (χ1n) is 7.81. The average molecular weight is 271 g/mol. The van der Waals surface area contributed by atoms with E-state index in [9.17, 15) is 0 Å². The van der Waals surface area contributed by atoms with Crippen LogP contribution >= 0.6 is 0 Å². The summed E-state index contributed by atoms with van der Waals surface area (Å²) in [6.07, 6.45) is 1.14. The summed E-state index contributed by atoms with van der Waals surface area (Å²) in [7, 11) is 0. The number of nitrogens with zero attached hydrogens (tertiary/aromatic N) is 1. The minimum atomic E-state index is 0.516. The molecule has 19 heavy (non-hydrogen) atoms. The molecule has 0 aliphatic carbocycles. The molecular formula is C15H33N3O. The summed E-state index contributed by atoms with van der Waals surface area (Å²) in [4.78, 5) is 2.53. The van der Waals surface area contributed by atoms with Crippen molar-refractivity contribution in [2.24, 2.45) is 0 Å². The van der Waals surface area contributed by atoms with Gasteiger partial charge in [0.15, 0.2) is 0 Å². The quantitative estimate of drug-likeness (QED) is 0.701. The molecular weight excluding hydrogens is 238 g/mol. The van der Waals surface area contributed by atoms with E-state index >= 15 is 0 Å². The van der Waals surface area contributed by atoms with Crippen molar-refractivity contribution in [2.45, 2.75) is 65.2 Å². The summed E-state index contributed by atoms with van der Waals surface area (Å²) in [5.41, 5.74) is 0. The zero-order chi connectivity index (χ0) is 14.3. The minimum absolute atomic E-state index is 0.516. The van der Waals surface area contributed by atoms with E-state index in [2.05, 4.69) is 50.2 Å². The van der Waals surface area contributed by atoms with Crippen molar-refractivity contribution in [3.8, 4) is 0 Å². The SMILES string of the molecule is CC(CC1COCCN1)NCCN(C(C)C)C(C)C. The van der Waals surface area contributed by atoms with Gasteiger partial charge in [-0.1, -0.05) is 0 Å². The molecule has 0 radical (unpaired) electrons. The summed E-state index contributed by atoms with van der Waals surface area (Å²) in [6.45, 7) is 16.2. The summed E-state index contributed by atoms with van der Waals surface area (Å²) >= 11 is 0. The number of morpholine rings is 1. The van der Waals surface area contributed by atoms with E-state index in [1.807, 2.05) is 0 Å². The van der Waals surface area contributed by atoms with Gasteiger partial charge in [0.2, 0.25) is 0 Å².